The van der Waals surface area contributed by atoms with Crippen molar-refractivity contribution in [1.82, 2.24) is 20.2 Å². The summed E-state index contributed by atoms with van der Waals surface area (Å²) in [6.07, 6.45) is 17.3. The fourth-order valence-electron chi connectivity index (χ4n) is 8.89. The number of hydrogen-bond donors (Lipinski definition) is 2. The van der Waals surface area contributed by atoms with Crippen LogP contribution in [0.15, 0.2) is 59.8 Å². The number of hydrazine groups is 1. The number of rotatable bonds is 25. The summed E-state index contributed by atoms with van der Waals surface area (Å²) in [6.45, 7) is 5.83. The van der Waals surface area contributed by atoms with Crippen LogP contribution in [0.2, 0.25) is 0 Å². The number of methoxy groups -OCH3 is 3. The molecule has 1 fully saturated rings. The molecule has 2 N–H and O–H groups in total. The van der Waals surface area contributed by atoms with Gasteiger partial charge in [0.25, 0.3) is 0 Å². The highest BCUT2D eigenvalue weighted by Gasteiger charge is 2.46. The number of carboxylic acid groups (broad SMARTS) is 1. The average Bonchev–Trinajstić information content (AvgIpc) is 3.26. The van der Waals surface area contributed by atoms with Gasteiger partial charge in [0.2, 0.25) is 0 Å². The molecule has 0 radical (unpaired) electrons. The van der Waals surface area contributed by atoms with Crippen molar-refractivity contribution in [2.24, 2.45) is 0 Å². The van der Waals surface area contributed by atoms with E-state index in [-0.39, 0.29) is 18.1 Å². The summed E-state index contributed by atoms with van der Waals surface area (Å²) >= 11 is 0. The molecule has 1 saturated heterocycles. The highest BCUT2D eigenvalue weighted by atomic mass is 16.5. The van der Waals surface area contributed by atoms with Crippen LogP contribution in [0.3, 0.4) is 0 Å². The fourth-order valence-corrected chi connectivity index (χ4v) is 8.89. The Morgan fingerprint density at radius 1 is 0.797 bits per heavy atom. The maximum atomic E-state index is 14.1. The molecule has 1 unspecified atom stereocenters. The SMILES string of the molecule is CCCCCCCCCCCCCCCc1cccc(OC)c1C1C(C(=O)OC)=C(CC)NC(=O)N1N(CCCN1CCC(C(=O)OC)(c2ccccc2)CC1)C(=O)O. The Hall–Kier alpha value is -4.58. The molecule has 2 aliphatic heterocycles. The van der Waals surface area contributed by atoms with Gasteiger partial charge in [0.15, 0.2) is 0 Å². The smallest absolute Gasteiger partial charge is 0.426 e. The van der Waals surface area contributed by atoms with E-state index in [1.54, 1.807) is 13.2 Å². The Labute approximate surface area is 352 Å². The quantitative estimate of drug-likeness (QED) is 0.0741. The minimum Gasteiger partial charge on any atom is -0.496 e. The second kappa shape index (κ2) is 24.5. The second-order valence-corrected chi connectivity index (χ2v) is 16.0. The van der Waals surface area contributed by atoms with E-state index in [2.05, 4.69) is 17.1 Å². The number of ether oxygens (including phenoxy) is 3. The Morgan fingerprint density at radius 2 is 1.41 bits per heavy atom. The van der Waals surface area contributed by atoms with E-state index in [1.807, 2.05) is 49.4 Å². The lowest BCUT2D eigenvalue weighted by Crippen LogP contribution is -2.58. The van der Waals surface area contributed by atoms with E-state index in [1.165, 1.54) is 78.4 Å². The van der Waals surface area contributed by atoms with Gasteiger partial charge in [-0.15, -0.1) is 0 Å². The molecular formula is C47H70N4O8. The predicted molar refractivity (Wildman–Crippen MR) is 230 cm³/mol. The largest absolute Gasteiger partial charge is 0.496 e. The summed E-state index contributed by atoms with van der Waals surface area (Å²) in [7, 11) is 4.25. The van der Waals surface area contributed by atoms with E-state index in [0.29, 0.717) is 68.7 Å². The normalized spacial score (nSPS) is 16.7. The number of carbonyl (C=O) groups is 4. The number of unbranched alkanes of at least 4 members (excludes halogenated alkanes) is 12. The summed E-state index contributed by atoms with van der Waals surface area (Å²) in [6, 6.07) is 13.6. The third kappa shape index (κ3) is 12.5. The third-order valence-electron chi connectivity index (χ3n) is 12.2. The van der Waals surface area contributed by atoms with Crippen LogP contribution in [0.5, 0.6) is 5.75 Å². The zero-order chi connectivity index (χ0) is 42.6. The highest BCUT2D eigenvalue weighted by Crippen LogP contribution is 2.43. The van der Waals surface area contributed by atoms with Crippen LogP contribution in [0.25, 0.3) is 0 Å². The van der Waals surface area contributed by atoms with E-state index in [0.717, 1.165) is 40.4 Å². The van der Waals surface area contributed by atoms with E-state index in [4.69, 9.17) is 14.2 Å². The van der Waals surface area contributed by atoms with Gasteiger partial charge in [-0.3, -0.25) is 4.79 Å². The minimum absolute atomic E-state index is 0.0180. The Bertz CT molecular complexity index is 1670. The summed E-state index contributed by atoms with van der Waals surface area (Å²) in [5.74, 6) is -0.445. The van der Waals surface area contributed by atoms with Crippen molar-refractivity contribution in [2.75, 3.05) is 47.5 Å². The van der Waals surface area contributed by atoms with Gasteiger partial charge in [-0.05, 0) is 75.4 Å². The van der Waals surface area contributed by atoms with Gasteiger partial charge in [-0.2, -0.15) is 0 Å². The summed E-state index contributed by atoms with van der Waals surface area (Å²) in [5.41, 5.74) is 2.21. The Kier molecular flexibility index (Phi) is 19.6. The number of hydrogen-bond acceptors (Lipinski definition) is 8. The first-order valence-corrected chi connectivity index (χ1v) is 22.1. The van der Waals surface area contributed by atoms with Crippen molar-refractivity contribution in [1.29, 1.82) is 0 Å². The second-order valence-electron chi connectivity index (χ2n) is 16.0. The van der Waals surface area contributed by atoms with Crippen LogP contribution in [0, 0.1) is 0 Å². The van der Waals surface area contributed by atoms with Crippen molar-refractivity contribution in [3.05, 3.63) is 76.5 Å². The number of nitrogens with zero attached hydrogens (tertiary/aromatic N) is 3. The summed E-state index contributed by atoms with van der Waals surface area (Å²) in [4.78, 5) is 56.3. The molecule has 2 aromatic carbocycles. The lowest BCUT2D eigenvalue weighted by atomic mass is 9.72. The fraction of sp³-hybridized carbons (Fsp3) is 0.617. The maximum Gasteiger partial charge on any atom is 0.426 e. The number of likely N-dealkylation sites (tertiary alicyclic amines) is 1. The minimum atomic E-state index is -1.32. The van der Waals surface area contributed by atoms with Gasteiger partial charge in [-0.25, -0.2) is 24.4 Å². The van der Waals surface area contributed by atoms with Crippen LogP contribution in [-0.4, -0.2) is 91.6 Å². The topological polar surface area (TPSA) is 138 Å². The number of amides is 3. The number of urea groups is 1. The van der Waals surface area contributed by atoms with E-state index in [9.17, 15) is 24.3 Å². The maximum absolute atomic E-state index is 14.1. The molecule has 0 aromatic heterocycles. The van der Waals surface area contributed by atoms with Gasteiger partial charge in [0.1, 0.15) is 11.8 Å². The van der Waals surface area contributed by atoms with Crippen molar-refractivity contribution >= 4 is 24.1 Å². The monoisotopic (exact) mass is 819 g/mol. The molecule has 4 rings (SSSR count). The van der Waals surface area contributed by atoms with Crippen LogP contribution in [0.1, 0.15) is 146 Å². The lowest BCUT2D eigenvalue weighted by Gasteiger charge is -2.44. The number of allylic oxidation sites excluding steroid dienone is 1. The molecule has 12 nitrogen and oxygen atoms in total. The molecule has 12 heteroatoms. The number of piperidine rings is 1. The molecule has 0 saturated carbocycles. The molecule has 2 aliphatic rings. The molecule has 3 amide bonds. The van der Waals surface area contributed by atoms with Crippen molar-refractivity contribution in [2.45, 2.75) is 141 Å². The average molecular weight is 819 g/mol. The van der Waals surface area contributed by atoms with E-state index < -0.39 is 29.6 Å². The summed E-state index contributed by atoms with van der Waals surface area (Å²) in [5, 5.41) is 15.7. The third-order valence-corrected chi connectivity index (χ3v) is 12.2. The molecule has 2 aromatic rings. The molecule has 1 atom stereocenters. The predicted octanol–water partition coefficient (Wildman–Crippen LogP) is 9.72. The molecule has 59 heavy (non-hydrogen) atoms. The van der Waals surface area contributed by atoms with Gasteiger partial charge in [0.05, 0.1) is 32.3 Å². The molecule has 326 valence electrons. The Morgan fingerprint density at radius 3 is 1.95 bits per heavy atom. The molecule has 0 bridgehead atoms. The highest BCUT2D eigenvalue weighted by molar-refractivity contribution is 5.95. The Balaban J connectivity index is 1.49. The van der Waals surface area contributed by atoms with Crippen LogP contribution >= 0.6 is 0 Å². The van der Waals surface area contributed by atoms with Crippen molar-refractivity contribution < 1.29 is 38.5 Å². The van der Waals surface area contributed by atoms with E-state index >= 15 is 0 Å². The summed E-state index contributed by atoms with van der Waals surface area (Å²) < 4.78 is 16.5. The molecule has 0 aliphatic carbocycles. The number of aryl methyl sites for hydroxylation is 1. The lowest BCUT2D eigenvalue weighted by molar-refractivity contribution is -0.149. The first kappa shape index (κ1) is 47.1. The standard InChI is InChI=1S/C47H70N4O8/c1-6-8-9-10-11-12-13-14-15-16-17-18-20-25-36-26-23-29-39(57-3)40(36)42-41(43(52)58-4)38(7-2)48-45(54)51(42)50(46(55)56)33-24-32-49-34-30-47(31-35-49,44(53)59-5)37-27-21-19-22-28-37/h19,21-23,26-29,42H,6-18,20,24-25,30-35H2,1-5H3,(H,48,54)(H,55,56). The zero-order valence-electron chi connectivity index (χ0n) is 36.4. The number of benzene rings is 2. The molecular weight excluding hydrogens is 749 g/mol. The van der Waals surface area contributed by atoms with Crippen molar-refractivity contribution in [3.63, 3.8) is 0 Å². The zero-order valence-corrected chi connectivity index (χ0v) is 36.4. The van der Waals surface area contributed by atoms with Crippen LogP contribution < -0.4 is 10.1 Å². The first-order valence-electron chi connectivity index (χ1n) is 22.1. The van der Waals surface area contributed by atoms with Gasteiger partial charge < -0.3 is 29.5 Å². The number of carbonyl (C=O) groups excluding carboxylic acids is 3. The molecule has 2 heterocycles. The number of nitrogens with one attached hydrogen (secondary N) is 1. The number of esters is 2. The van der Waals surface area contributed by atoms with Gasteiger partial charge >= 0.3 is 24.1 Å². The van der Waals surface area contributed by atoms with Crippen LogP contribution in [0.4, 0.5) is 9.59 Å². The van der Waals surface area contributed by atoms with Gasteiger partial charge in [0, 0.05) is 17.8 Å². The molecule has 0 spiro atoms. The van der Waals surface area contributed by atoms with Gasteiger partial charge in [-0.1, -0.05) is 133 Å². The first-order chi connectivity index (χ1) is 28.7. The van der Waals surface area contributed by atoms with Crippen molar-refractivity contribution in [3.8, 4) is 5.75 Å². The van der Waals surface area contributed by atoms with Crippen LogP contribution in [-0.2, 0) is 30.9 Å².